The van der Waals surface area contributed by atoms with Crippen LogP contribution in [0.15, 0.2) is 24.3 Å². The first-order chi connectivity index (χ1) is 9.29. The van der Waals surface area contributed by atoms with Crippen molar-refractivity contribution in [1.29, 1.82) is 0 Å². The van der Waals surface area contributed by atoms with Gasteiger partial charge in [-0.1, -0.05) is 32.0 Å². The number of hydrogen-bond acceptors (Lipinski definition) is 1. The van der Waals surface area contributed by atoms with Crippen LogP contribution in [0, 0.1) is 11.8 Å². The number of carbonyl (C=O) groups excluding carboxylic acids is 1. The molecule has 1 N–H and O–H groups in total. The van der Waals surface area contributed by atoms with Crippen molar-refractivity contribution in [3.63, 3.8) is 0 Å². The van der Waals surface area contributed by atoms with E-state index >= 15 is 0 Å². The Bertz CT molecular complexity index is 496. The SMILES string of the molecule is CC(C)C(=O)NCC1CC1c1cccc(C(F)(F)F)c1. The Labute approximate surface area is 116 Å². The van der Waals surface area contributed by atoms with Crippen LogP contribution in [-0.2, 0) is 11.0 Å². The van der Waals surface area contributed by atoms with E-state index in [0.717, 1.165) is 12.5 Å². The zero-order valence-corrected chi connectivity index (χ0v) is 11.5. The summed E-state index contributed by atoms with van der Waals surface area (Å²) in [4.78, 5) is 11.4. The lowest BCUT2D eigenvalue weighted by Gasteiger charge is -2.09. The molecule has 1 fully saturated rings. The fraction of sp³-hybridized carbons (Fsp3) is 0.533. The Morgan fingerprint density at radius 1 is 1.40 bits per heavy atom. The first-order valence-electron chi connectivity index (χ1n) is 6.74. The Hall–Kier alpha value is -1.52. The van der Waals surface area contributed by atoms with Crippen molar-refractivity contribution in [1.82, 2.24) is 5.32 Å². The molecule has 1 aliphatic rings. The minimum Gasteiger partial charge on any atom is -0.356 e. The molecule has 0 aliphatic heterocycles. The fourth-order valence-corrected chi connectivity index (χ4v) is 2.26. The molecule has 2 nitrogen and oxygen atoms in total. The molecule has 0 bridgehead atoms. The largest absolute Gasteiger partial charge is 0.416 e. The second-order valence-electron chi connectivity index (χ2n) is 5.63. The van der Waals surface area contributed by atoms with E-state index in [4.69, 9.17) is 0 Å². The summed E-state index contributed by atoms with van der Waals surface area (Å²) in [5.41, 5.74) is 0.107. The highest BCUT2D eigenvalue weighted by Crippen LogP contribution is 2.47. The number of nitrogens with one attached hydrogen (secondary N) is 1. The van der Waals surface area contributed by atoms with E-state index in [2.05, 4.69) is 5.32 Å². The summed E-state index contributed by atoms with van der Waals surface area (Å²) in [5, 5.41) is 2.83. The number of halogens is 3. The second kappa shape index (κ2) is 5.46. The standard InChI is InChI=1S/C15H18F3NO/c1-9(2)14(20)19-8-11-7-13(11)10-4-3-5-12(6-10)15(16,17)18/h3-6,9,11,13H,7-8H2,1-2H3,(H,19,20). The van der Waals surface area contributed by atoms with E-state index in [9.17, 15) is 18.0 Å². The summed E-state index contributed by atoms with van der Waals surface area (Å²) < 4.78 is 37.9. The van der Waals surface area contributed by atoms with E-state index in [1.54, 1.807) is 6.07 Å². The van der Waals surface area contributed by atoms with Gasteiger partial charge in [-0.05, 0) is 29.9 Å². The van der Waals surface area contributed by atoms with E-state index in [-0.39, 0.29) is 23.7 Å². The van der Waals surface area contributed by atoms with Gasteiger partial charge in [0.1, 0.15) is 0 Å². The number of hydrogen-bond donors (Lipinski definition) is 1. The minimum atomic E-state index is -4.30. The Morgan fingerprint density at radius 2 is 2.10 bits per heavy atom. The lowest BCUT2D eigenvalue weighted by molar-refractivity contribution is -0.137. The van der Waals surface area contributed by atoms with Gasteiger partial charge in [0, 0.05) is 12.5 Å². The van der Waals surface area contributed by atoms with Crippen molar-refractivity contribution >= 4 is 5.91 Å². The van der Waals surface area contributed by atoms with E-state index in [1.165, 1.54) is 12.1 Å². The predicted octanol–water partition coefficient (Wildman–Crippen LogP) is 3.58. The van der Waals surface area contributed by atoms with Crippen molar-refractivity contribution in [2.24, 2.45) is 11.8 Å². The third kappa shape index (κ3) is 3.52. The number of rotatable bonds is 4. The zero-order chi connectivity index (χ0) is 14.9. The molecule has 2 rings (SSSR count). The highest BCUT2D eigenvalue weighted by molar-refractivity contribution is 5.77. The monoisotopic (exact) mass is 285 g/mol. The summed E-state index contributed by atoms with van der Waals surface area (Å²) >= 11 is 0. The van der Waals surface area contributed by atoms with Crippen LogP contribution in [-0.4, -0.2) is 12.5 Å². The van der Waals surface area contributed by atoms with E-state index in [1.807, 2.05) is 13.8 Å². The molecule has 0 spiro atoms. The predicted molar refractivity (Wildman–Crippen MR) is 70.1 cm³/mol. The molecule has 0 saturated heterocycles. The molecule has 0 radical (unpaired) electrons. The normalized spacial score (nSPS) is 21.9. The van der Waals surface area contributed by atoms with Gasteiger partial charge in [0.2, 0.25) is 5.91 Å². The minimum absolute atomic E-state index is 0.0142. The number of carbonyl (C=O) groups is 1. The number of amides is 1. The summed E-state index contributed by atoms with van der Waals surface area (Å²) in [6.45, 7) is 4.16. The molecule has 2 unspecified atom stereocenters. The summed E-state index contributed by atoms with van der Waals surface area (Å²) in [5.74, 6) is 0.298. The lowest BCUT2D eigenvalue weighted by atomic mass is 10.1. The number of benzene rings is 1. The molecule has 5 heteroatoms. The van der Waals surface area contributed by atoms with Crippen molar-refractivity contribution in [2.45, 2.75) is 32.4 Å². The molecule has 1 saturated carbocycles. The maximum Gasteiger partial charge on any atom is 0.416 e. The zero-order valence-electron chi connectivity index (χ0n) is 11.5. The van der Waals surface area contributed by atoms with Crippen molar-refractivity contribution < 1.29 is 18.0 Å². The first kappa shape index (κ1) is 14.9. The molecule has 1 aromatic rings. The highest BCUT2D eigenvalue weighted by Gasteiger charge is 2.39. The molecule has 2 atom stereocenters. The third-order valence-corrected chi connectivity index (χ3v) is 3.63. The van der Waals surface area contributed by atoms with Crippen LogP contribution in [0.5, 0.6) is 0 Å². The van der Waals surface area contributed by atoms with Gasteiger partial charge in [-0.3, -0.25) is 4.79 Å². The van der Waals surface area contributed by atoms with Crippen LogP contribution in [0.2, 0.25) is 0 Å². The first-order valence-corrected chi connectivity index (χ1v) is 6.74. The van der Waals surface area contributed by atoms with Gasteiger partial charge < -0.3 is 5.32 Å². The Balaban J connectivity index is 1.94. The van der Waals surface area contributed by atoms with Crippen LogP contribution in [0.25, 0.3) is 0 Å². The van der Waals surface area contributed by atoms with Gasteiger partial charge in [0.05, 0.1) is 5.56 Å². The van der Waals surface area contributed by atoms with Crippen LogP contribution < -0.4 is 5.32 Å². The van der Waals surface area contributed by atoms with Gasteiger partial charge >= 0.3 is 6.18 Å². The van der Waals surface area contributed by atoms with Gasteiger partial charge in [0.25, 0.3) is 0 Å². The lowest BCUT2D eigenvalue weighted by Crippen LogP contribution is -2.29. The summed E-state index contributed by atoms with van der Waals surface area (Å²) in [6, 6.07) is 5.47. The van der Waals surface area contributed by atoms with Crippen molar-refractivity contribution in [3.8, 4) is 0 Å². The topological polar surface area (TPSA) is 29.1 Å². The molecule has 1 aliphatic carbocycles. The Kier molecular flexibility index (Phi) is 4.06. The van der Waals surface area contributed by atoms with Gasteiger partial charge in [0.15, 0.2) is 0 Å². The van der Waals surface area contributed by atoms with Gasteiger partial charge in [-0.25, -0.2) is 0 Å². The van der Waals surface area contributed by atoms with Crippen LogP contribution in [0.3, 0.4) is 0 Å². The average Bonchev–Trinajstić information content (AvgIpc) is 3.14. The van der Waals surface area contributed by atoms with Gasteiger partial charge in [-0.2, -0.15) is 13.2 Å². The molecular formula is C15H18F3NO. The molecular weight excluding hydrogens is 267 g/mol. The highest BCUT2D eigenvalue weighted by atomic mass is 19.4. The van der Waals surface area contributed by atoms with E-state index in [0.29, 0.717) is 12.1 Å². The third-order valence-electron chi connectivity index (χ3n) is 3.63. The second-order valence-corrected chi connectivity index (χ2v) is 5.63. The quantitative estimate of drug-likeness (QED) is 0.900. The molecule has 0 aromatic heterocycles. The van der Waals surface area contributed by atoms with Crippen LogP contribution in [0.1, 0.15) is 37.3 Å². The smallest absolute Gasteiger partial charge is 0.356 e. The average molecular weight is 285 g/mol. The fourth-order valence-electron chi connectivity index (χ4n) is 2.26. The molecule has 20 heavy (non-hydrogen) atoms. The summed E-state index contributed by atoms with van der Waals surface area (Å²) in [6.07, 6.45) is -3.47. The Morgan fingerprint density at radius 3 is 2.70 bits per heavy atom. The van der Waals surface area contributed by atoms with Crippen molar-refractivity contribution in [3.05, 3.63) is 35.4 Å². The molecule has 1 amide bonds. The van der Waals surface area contributed by atoms with Crippen molar-refractivity contribution in [2.75, 3.05) is 6.54 Å². The van der Waals surface area contributed by atoms with Crippen LogP contribution in [0.4, 0.5) is 13.2 Å². The van der Waals surface area contributed by atoms with Gasteiger partial charge in [-0.15, -0.1) is 0 Å². The maximum atomic E-state index is 12.6. The molecule has 110 valence electrons. The van der Waals surface area contributed by atoms with E-state index < -0.39 is 11.7 Å². The summed E-state index contributed by atoms with van der Waals surface area (Å²) in [7, 11) is 0. The molecule has 1 aromatic carbocycles. The number of alkyl halides is 3. The maximum absolute atomic E-state index is 12.6. The molecule has 0 heterocycles. The van der Waals surface area contributed by atoms with Crippen LogP contribution >= 0.6 is 0 Å².